The summed E-state index contributed by atoms with van der Waals surface area (Å²) >= 11 is 0. The maximum Gasteiger partial charge on any atom is 0.413 e. The molecule has 1 amide bonds. The summed E-state index contributed by atoms with van der Waals surface area (Å²) in [5.41, 5.74) is 2.50. The Balaban J connectivity index is 1.81. The normalized spacial score (nSPS) is 20.5. The first-order valence-electron chi connectivity index (χ1n) is 8.94. The zero-order chi connectivity index (χ0) is 19.0. The number of nitrogens with one attached hydrogen (secondary N) is 2. The number of hydrogen-bond donors (Lipinski definition) is 2. The number of halogens is 1. The molecule has 0 saturated carbocycles. The van der Waals surface area contributed by atoms with Gasteiger partial charge < -0.3 is 15.0 Å². The van der Waals surface area contributed by atoms with Crippen molar-refractivity contribution in [1.29, 1.82) is 0 Å². The highest BCUT2D eigenvalue weighted by molar-refractivity contribution is 5.88. The van der Waals surface area contributed by atoms with E-state index in [1.54, 1.807) is 0 Å². The van der Waals surface area contributed by atoms with E-state index in [2.05, 4.69) is 25.5 Å². The van der Waals surface area contributed by atoms with Crippen LogP contribution in [0.3, 0.4) is 0 Å². The average Bonchev–Trinajstić information content (AvgIpc) is 2.66. The van der Waals surface area contributed by atoms with Gasteiger partial charge in [-0.2, -0.15) is 0 Å². The Morgan fingerprint density at radius 3 is 2.81 bits per heavy atom. The number of anilines is 2. The van der Waals surface area contributed by atoms with Gasteiger partial charge in [0.25, 0.3) is 0 Å². The summed E-state index contributed by atoms with van der Waals surface area (Å²) in [6.45, 7) is 6.85. The highest BCUT2D eigenvalue weighted by Gasteiger charge is 2.35. The van der Waals surface area contributed by atoms with Crippen LogP contribution in [0, 0.1) is 6.92 Å². The van der Waals surface area contributed by atoms with Gasteiger partial charge in [0.15, 0.2) is 6.10 Å². The Bertz CT molecular complexity index is 869. The van der Waals surface area contributed by atoms with Gasteiger partial charge in [-0.05, 0) is 31.5 Å². The van der Waals surface area contributed by atoms with E-state index >= 15 is 0 Å². The molecule has 0 bridgehead atoms. The Morgan fingerprint density at radius 2 is 2.07 bits per heavy atom. The van der Waals surface area contributed by atoms with Crippen LogP contribution in [0.5, 0.6) is 0 Å². The molecular formula is C18H21FN6O2. The number of carbonyl (C=O) groups excluding carboxylic acids is 1. The van der Waals surface area contributed by atoms with E-state index in [-0.39, 0.29) is 5.82 Å². The SMILES string of the molecule is Cc1cc(-c2ncnc3c2C(C(C)F)OC(=O)N3)nc(N2CCNCC2)c1. The van der Waals surface area contributed by atoms with E-state index in [0.717, 1.165) is 37.6 Å². The summed E-state index contributed by atoms with van der Waals surface area (Å²) in [6, 6.07) is 3.92. The van der Waals surface area contributed by atoms with Gasteiger partial charge in [0, 0.05) is 26.2 Å². The number of piperazine rings is 1. The Hall–Kier alpha value is -2.81. The largest absolute Gasteiger partial charge is 0.438 e. The van der Waals surface area contributed by atoms with Gasteiger partial charge in [-0.1, -0.05) is 0 Å². The van der Waals surface area contributed by atoms with E-state index < -0.39 is 18.4 Å². The number of amides is 1. The summed E-state index contributed by atoms with van der Waals surface area (Å²) in [5.74, 6) is 1.11. The molecule has 4 rings (SSSR count). The molecule has 0 aromatic carbocycles. The van der Waals surface area contributed by atoms with E-state index in [1.165, 1.54) is 13.3 Å². The second kappa shape index (κ2) is 7.07. The first-order chi connectivity index (χ1) is 13.0. The van der Waals surface area contributed by atoms with Crippen LogP contribution in [-0.2, 0) is 4.74 Å². The third kappa shape index (κ3) is 3.42. The van der Waals surface area contributed by atoms with Crippen molar-refractivity contribution in [2.24, 2.45) is 0 Å². The summed E-state index contributed by atoms with van der Waals surface area (Å²) in [5, 5.41) is 5.84. The molecule has 0 aliphatic carbocycles. The number of aromatic nitrogens is 3. The van der Waals surface area contributed by atoms with Crippen LogP contribution >= 0.6 is 0 Å². The first kappa shape index (κ1) is 17.6. The molecule has 27 heavy (non-hydrogen) atoms. The molecule has 0 radical (unpaired) electrons. The molecule has 2 aliphatic rings. The van der Waals surface area contributed by atoms with Crippen LogP contribution in [-0.4, -0.2) is 53.4 Å². The topological polar surface area (TPSA) is 92.3 Å². The fraction of sp³-hybridized carbons (Fsp3) is 0.444. The number of rotatable bonds is 3. The molecule has 2 aromatic heterocycles. The van der Waals surface area contributed by atoms with Crippen LogP contribution in [0.2, 0.25) is 0 Å². The van der Waals surface area contributed by atoms with Crippen LogP contribution in [0.15, 0.2) is 18.5 Å². The van der Waals surface area contributed by atoms with E-state index in [9.17, 15) is 9.18 Å². The molecule has 142 valence electrons. The number of pyridine rings is 1. The number of ether oxygens (including phenoxy) is 1. The summed E-state index contributed by atoms with van der Waals surface area (Å²) in [7, 11) is 0. The van der Waals surface area contributed by atoms with Crippen molar-refractivity contribution in [3.8, 4) is 11.4 Å². The van der Waals surface area contributed by atoms with Gasteiger partial charge in [-0.3, -0.25) is 5.32 Å². The standard InChI is InChI=1S/C18H21FN6O2/c1-10-7-12(23-13(8-10)25-5-3-20-4-6-25)15-14-16(11(2)19)27-18(26)24-17(14)22-9-21-15/h7-9,11,16,20H,3-6H2,1-2H3,(H,21,22,24,26). The zero-order valence-electron chi connectivity index (χ0n) is 15.2. The minimum Gasteiger partial charge on any atom is -0.438 e. The fourth-order valence-electron chi connectivity index (χ4n) is 3.42. The third-order valence-corrected chi connectivity index (χ3v) is 4.68. The van der Waals surface area contributed by atoms with Crippen LogP contribution < -0.4 is 15.5 Å². The van der Waals surface area contributed by atoms with Crippen molar-refractivity contribution in [3.05, 3.63) is 29.6 Å². The lowest BCUT2D eigenvalue weighted by Gasteiger charge is -2.30. The van der Waals surface area contributed by atoms with Gasteiger partial charge in [0.2, 0.25) is 0 Å². The van der Waals surface area contributed by atoms with E-state index in [4.69, 9.17) is 9.72 Å². The quantitative estimate of drug-likeness (QED) is 0.853. The molecule has 4 heterocycles. The van der Waals surface area contributed by atoms with Crippen molar-refractivity contribution in [2.45, 2.75) is 26.1 Å². The van der Waals surface area contributed by atoms with Gasteiger partial charge in [0.1, 0.15) is 29.8 Å². The summed E-state index contributed by atoms with van der Waals surface area (Å²) in [4.78, 5) is 27.1. The number of carbonyl (C=O) groups is 1. The number of aryl methyl sites for hydroxylation is 1. The van der Waals surface area contributed by atoms with Crippen molar-refractivity contribution in [2.75, 3.05) is 36.4 Å². The highest BCUT2D eigenvalue weighted by Crippen LogP contribution is 2.38. The molecule has 2 aliphatic heterocycles. The van der Waals surface area contributed by atoms with Crippen molar-refractivity contribution >= 4 is 17.7 Å². The smallest absolute Gasteiger partial charge is 0.413 e. The van der Waals surface area contributed by atoms with E-state index in [1.807, 2.05) is 19.1 Å². The van der Waals surface area contributed by atoms with Crippen molar-refractivity contribution < 1.29 is 13.9 Å². The van der Waals surface area contributed by atoms with Gasteiger partial charge in [0.05, 0.1) is 11.3 Å². The molecule has 2 aromatic rings. The molecular weight excluding hydrogens is 351 g/mol. The molecule has 2 N–H and O–H groups in total. The van der Waals surface area contributed by atoms with Crippen molar-refractivity contribution in [1.82, 2.24) is 20.3 Å². The fourth-order valence-corrected chi connectivity index (χ4v) is 3.42. The lowest BCUT2D eigenvalue weighted by molar-refractivity contribution is 0.0550. The molecule has 0 spiro atoms. The number of cyclic esters (lactones) is 1. The predicted octanol–water partition coefficient (Wildman–Crippen LogP) is 2.22. The minimum atomic E-state index is -1.41. The number of hydrogen-bond acceptors (Lipinski definition) is 7. The Kier molecular flexibility index (Phi) is 4.61. The zero-order valence-corrected chi connectivity index (χ0v) is 15.2. The molecule has 2 atom stereocenters. The molecule has 1 saturated heterocycles. The van der Waals surface area contributed by atoms with Gasteiger partial charge >= 0.3 is 6.09 Å². The van der Waals surface area contributed by atoms with E-state index in [0.29, 0.717) is 17.0 Å². The number of fused-ring (bicyclic) bond motifs is 1. The monoisotopic (exact) mass is 372 g/mol. The lowest BCUT2D eigenvalue weighted by Crippen LogP contribution is -2.43. The lowest BCUT2D eigenvalue weighted by atomic mass is 10.0. The summed E-state index contributed by atoms with van der Waals surface area (Å²) in [6.07, 6.45) is -1.86. The Labute approximate surface area is 156 Å². The second-order valence-electron chi connectivity index (χ2n) is 6.74. The van der Waals surface area contributed by atoms with Crippen molar-refractivity contribution in [3.63, 3.8) is 0 Å². The highest BCUT2D eigenvalue weighted by atomic mass is 19.1. The van der Waals surface area contributed by atoms with Gasteiger partial charge in [-0.15, -0.1) is 0 Å². The minimum absolute atomic E-state index is 0.262. The average molecular weight is 372 g/mol. The van der Waals surface area contributed by atoms with Crippen LogP contribution in [0.25, 0.3) is 11.4 Å². The number of nitrogens with zero attached hydrogens (tertiary/aromatic N) is 4. The molecule has 1 fully saturated rings. The third-order valence-electron chi connectivity index (χ3n) is 4.68. The van der Waals surface area contributed by atoms with Crippen LogP contribution in [0.4, 0.5) is 20.8 Å². The molecule has 2 unspecified atom stereocenters. The van der Waals surface area contributed by atoms with Gasteiger partial charge in [-0.25, -0.2) is 24.1 Å². The first-order valence-corrected chi connectivity index (χ1v) is 8.94. The molecule has 8 nitrogen and oxygen atoms in total. The second-order valence-corrected chi connectivity index (χ2v) is 6.74. The molecule has 9 heteroatoms. The summed E-state index contributed by atoms with van der Waals surface area (Å²) < 4.78 is 19.3. The number of alkyl halides is 1. The Morgan fingerprint density at radius 1 is 1.30 bits per heavy atom. The maximum absolute atomic E-state index is 14.2. The van der Waals surface area contributed by atoms with Crippen LogP contribution in [0.1, 0.15) is 24.2 Å². The predicted molar refractivity (Wildman–Crippen MR) is 98.5 cm³/mol. The maximum atomic E-state index is 14.2.